The van der Waals surface area contributed by atoms with Crippen LogP contribution in [0.5, 0.6) is 0 Å². The Morgan fingerprint density at radius 1 is 1.20 bits per heavy atom. The third-order valence-electron chi connectivity index (χ3n) is 5.18. The van der Waals surface area contributed by atoms with Crippen molar-refractivity contribution in [3.8, 4) is 0 Å². The summed E-state index contributed by atoms with van der Waals surface area (Å²) < 4.78 is 4.73. The number of carbonyl (C=O) groups is 3. The number of nitrogens with one attached hydrogen (secondary N) is 1. The van der Waals surface area contributed by atoms with Crippen LogP contribution in [0, 0.1) is 26.2 Å². The number of carbonyl (C=O) groups excluding carboxylic acids is 3. The Morgan fingerprint density at radius 2 is 1.80 bits per heavy atom. The number of rotatable bonds is 4. The Labute approximate surface area is 147 Å². The first kappa shape index (κ1) is 17.5. The zero-order chi connectivity index (χ0) is 18.4. The fraction of sp³-hybridized carbons (Fsp3) is 0.526. The van der Waals surface area contributed by atoms with Crippen LogP contribution in [0.15, 0.2) is 12.1 Å². The fourth-order valence-corrected chi connectivity index (χ4v) is 3.77. The minimum atomic E-state index is -1.09. The van der Waals surface area contributed by atoms with Gasteiger partial charge in [0.1, 0.15) is 11.5 Å². The highest BCUT2D eigenvalue weighted by Gasteiger charge is 2.58. The second-order valence-electron chi connectivity index (χ2n) is 7.13. The van der Waals surface area contributed by atoms with Gasteiger partial charge in [-0.2, -0.15) is 0 Å². The van der Waals surface area contributed by atoms with Gasteiger partial charge in [-0.05, 0) is 51.2 Å². The molecule has 0 unspecified atom stereocenters. The minimum Gasteiger partial charge on any atom is -0.468 e. The number of amides is 2. The number of ether oxygens (including phenoxy) is 1. The minimum absolute atomic E-state index is 0.121. The Morgan fingerprint density at radius 3 is 2.32 bits per heavy atom. The van der Waals surface area contributed by atoms with Gasteiger partial charge in [0.05, 0.1) is 7.11 Å². The van der Waals surface area contributed by atoms with Gasteiger partial charge in [0.2, 0.25) is 11.8 Å². The Kier molecular flexibility index (Phi) is 4.31. The van der Waals surface area contributed by atoms with Crippen molar-refractivity contribution in [3.05, 3.63) is 28.8 Å². The fourth-order valence-electron chi connectivity index (χ4n) is 3.77. The third kappa shape index (κ3) is 2.90. The largest absolute Gasteiger partial charge is 0.468 e. The molecule has 2 aliphatic rings. The second-order valence-corrected chi connectivity index (χ2v) is 7.13. The molecule has 6 heteroatoms. The number of hydrogen-bond donors (Lipinski definition) is 1. The van der Waals surface area contributed by atoms with E-state index in [-0.39, 0.29) is 5.91 Å². The smallest absolute Gasteiger partial charge is 0.321 e. The summed E-state index contributed by atoms with van der Waals surface area (Å²) in [5, 5.41) is 2.77. The van der Waals surface area contributed by atoms with E-state index >= 15 is 0 Å². The molecule has 1 N–H and O–H groups in total. The van der Waals surface area contributed by atoms with E-state index in [0.29, 0.717) is 25.8 Å². The van der Waals surface area contributed by atoms with Crippen molar-refractivity contribution in [2.75, 3.05) is 18.6 Å². The number of esters is 1. The first-order valence-corrected chi connectivity index (χ1v) is 8.59. The van der Waals surface area contributed by atoms with Crippen LogP contribution in [0.25, 0.3) is 0 Å². The molecule has 1 aromatic carbocycles. The maximum absolute atomic E-state index is 12.8. The molecule has 6 nitrogen and oxygen atoms in total. The van der Waals surface area contributed by atoms with Crippen LogP contribution in [0.2, 0.25) is 0 Å². The molecule has 1 saturated carbocycles. The molecule has 0 radical (unpaired) electrons. The molecule has 3 rings (SSSR count). The van der Waals surface area contributed by atoms with Gasteiger partial charge in [-0.15, -0.1) is 0 Å². The lowest BCUT2D eigenvalue weighted by molar-refractivity contribution is -0.152. The number of anilines is 1. The summed E-state index contributed by atoms with van der Waals surface area (Å²) in [6.07, 6.45) is 1.49. The van der Waals surface area contributed by atoms with Crippen molar-refractivity contribution in [1.82, 2.24) is 5.32 Å². The first-order chi connectivity index (χ1) is 11.8. The van der Waals surface area contributed by atoms with Crippen molar-refractivity contribution in [3.63, 3.8) is 0 Å². The van der Waals surface area contributed by atoms with E-state index in [1.165, 1.54) is 7.11 Å². The van der Waals surface area contributed by atoms with Gasteiger partial charge >= 0.3 is 5.97 Å². The molecule has 25 heavy (non-hydrogen) atoms. The zero-order valence-electron chi connectivity index (χ0n) is 15.1. The molecule has 1 aromatic rings. The van der Waals surface area contributed by atoms with Gasteiger partial charge in [0.15, 0.2) is 0 Å². The van der Waals surface area contributed by atoms with Crippen molar-refractivity contribution in [1.29, 1.82) is 0 Å². The number of nitrogens with zero attached hydrogens (tertiary/aromatic N) is 1. The average molecular weight is 344 g/mol. The maximum Gasteiger partial charge on any atom is 0.321 e. The molecule has 2 amide bonds. The summed E-state index contributed by atoms with van der Waals surface area (Å²) in [5.74, 6) is -1.03. The van der Waals surface area contributed by atoms with E-state index in [1.54, 1.807) is 4.90 Å². The van der Waals surface area contributed by atoms with Crippen LogP contribution in [0.1, 0.15) is 36.0 Å². The monoisotopic (exact) mass is 344 g/mol. The summed E-state index contributed by atoms with van der Waals surface area (Å²) in [6.45, 7) is 6.57. The lowest BCUT2D eigenvalue weighted by Gasteiger charge is -2.23. The summed E-state index contributed by atoms with van der Waals surface area (Å²) in [7, 11) is 1.28. The molecular weight excluding hydrogens is 320 g/mol. The van der Waals surface area contributed by atoms with E-state index < -0.39 is 23.3 Å². The molecular formula is C19H24N2O4. The SMILES string of the molecule is COC(=O)C1(C(=O)N[C@@H]2CCN(c3c(C)cc(C)cc3C)C2=O)CC1. The predicted octanol–water partition coefficient (Wildman–Crippen LogP) is 1.79. The van der Waals surface area contributed by atoms with E-state index in [2.05, 4.69) is 17.4 Å². The Hall–Kier alpha value is -2.37. The number of benzene rings is 1. The highest BCUT2D eigenvalue weighted by molar-refractivity contribution is 6.08. The Bertz CT molecular complexity index is 729. The van der Waals surface area contributed by atoms with Gasteiger partial charge in [-0.25, -0.2) is 0 Å². The molecule has 1 saturated heterocycles. The van der Waals surface area contributed by atoms with Crippen LogP contribution in [-0.4, -0.2) is 37.5 Å². The van der Waals surface area contributed by atoms with Gasteiger partial charge in [-0.1, -0.05) is 17.7 Å². The molecule has 1 aliphatic heterocycles. The molecule has 134 valence electrons. The molecule has 0 bridgehead atoms. The summed E-state index contributed by atoms with van der Waals surface area (Å²) in [4.78, 5) is 38.8. The molecule has 0 aromatic heterocycles. The van der Waals surface area contributed by atoms with Crippen LogP contribution in [0.3, 0.4) is 0 Å². The second kappa shape index (κ2) is 6.17. The molecule has 1 heterocycles. The summed E-state index contributed by atoms with van der Waals surface area (Å²) in [6, 6.07) is 3.52. The van der Waals surface area contributed by atoms with Gasteiger partial charge in [0, 0.05) is 12.2 Å². The summed E-state index contributed by atoms with van der Waals surface area (Å²) in [5.41, 5.74) is 3.08. The van der Waals surface area contributed by atoms with Crippen LogP contribution < -0.4 is 10.2 Å². The third-order valence-corrected chi connectivity index (χ3v) is 5.18. The van der Waals surface area contributed by atoms with Gasteiger partial charge in [-0.3, -0.25) is 14.4 Å². The Balaban J connectivity index is 1.75. The zero-order valence-corrected chi connectivity index (χ0v) is 15.1. The van der Waals surface area contributed by atoms with Crippen molar-refractivity contribution in [2.45, 2.75) is 46.1 Å². The molecule has 1 atom stereocenters. The van der Waals surface area contributed by atoms with E-state index in [9.17, 15) is 14.4 Å². The highest BCUT2D eigenvalue weighted by Crippen LogP contribution is 2.47. The van der Waals surface area contributed by atoms with Crippen LogP contribution in [-0.2, 0) is 19.1 Å². The van der Waals surface area contributed by atoms with Crippen LogP contribution >= 0.6 is 0 Å². The normalized spacial score (nSPS) is 21.2. The predicted molar refractivity (Wildman–Crippen MR) is 93.2 cm³/mol. The van der Waals surface area contributed by atoms with Gasteiger partial charge < -0.3 is 15.0 Å². The lowest BCUT2D eigenvalue weighted by atomic mass is 10.0. The number of aryl methyl sites for hydroxylation is 3. The van der Waals surface area contributed by atoms with Crippen LogP contribution in [0.4, 0.5) is 5.69 Å². The molecule has 1 aliphatic carbocycles. The molecule has 2 fully saturated rings. The van der Waals surface area contributed by atoms with E-state index in [4.69, 9.17) is 4.74 Å². The van der Waals surface area contributed by atoms with Crippen molar-refractivity contribution >= 4 is 23.5 Å². The maximum atomic E-state index is 12.8. The highest BCUT2D eigenvalue weighted by atomic mass is 16.5. The quantitative estimate of drug-likeness (QED) is 0.667. The topological polar surface area (TPSA) is 75.7 Å². The number of hydrogen-bond acceptors (Lipinski definition) is 4. The van der Waals surface area contributed by atoms with E-state index in [0.717, 1.165) is 22.4 Å². The van der Waals surface area contributed by atoms with Crippen molar-refractivity contribution in [2.24, 2.45) is 5.41 Å². The average Bonchev–Trinajstić information content (AvgIpc) is 3.29. The lowest BCUT2D eigenvalue weighted by Crippen LogP contribution is -2.47. The van der Waals surface area contributed by atoms with E-state index in [1.807, 2.05) is 20.8 Å². The summed E-state index contributed by atoms with van der Waals surface area (Å²) >= 11 is 0. The van der Waals surface area contributed by atoms with Crippen molar-refractivity contribution < 1.29 is 19.1 Å². The number of methoxy groups -OCH3 is 1. The first-order valence-electron chi connectivity index (χ1n) is 8.59. The standard InChI is InChI=1S/C19H24N2O4/c1-11-9-12(2)15(13(3)10-11)21-8-5-14(16(21)22)20-17(23)19(6-7-19)18(24)25-4/h9-10,14H,5-8H2,1-4H3,(H,20,23)/t14-/m1/s1. The van der Waals surface area contributed by atoms with Gasteiger partial charge in [0.25, 0.3) is 0 Å². The molecule has 0 spiro atoms.